The summed E-state index contributed by atoms with van der Waals surface area (Å²) in [7, 11) is -4.23. The third-order valence-electron chi connectivity index (χ3n) is 6.10. The van der Waals surface area contributed by atoms with Crippen LogP contribution in [0.5, 0.6) is 17.2 Å². The Morgan fingerprint density at radius 1 is 0.921 bits per heavy atom. The standard InChI is InChI=1S/C28H34N2O7S/c1-18(2)16-30(38(36,37)23-14-21(31)13-22(32)15-23)17-27(34)25(12-20-8-5-4-6-9-20)29-28(35)24-10-7-11-26(33)19(24)3/h4-11,13-15,18,25,27,31-34H,12,16-17H2,1-3H3,(H,29,35)/t25-,27+/m0/s1. The average Bonchev–Trinajstić information content (AvgIpc) is 2.84. The number of amides is 1. The van der Waals surface area contributed by atoms with E-state index in [1.54, 1.807) is 19.1 Å². The van der Waals surface area contributed by atoms with Crippen molar-refractivity contribution in [3.63, 3.8) is 0 Å². The van der Waals surface area contributed by atoms with Crippen molar-refractivity contribution in [3.05, 3.63) is 83.4 Å². The van der Waals surface area contributed by atoms with E-state index in [4.69, 9.17) is 0 Å². The molecule has 0 spiro atoms. The van der Waals surface area contributed by atoms with Crippen LogP contribution in [0.25, 0.3) is 0 Å². The van der Waals surface area contributed by atoms with Gasteiger partial charge in [-0.15, -0.1) is 0 Å². The van der Waals surface area contributed by atoms with Gasteiger partial charge in [0.25, 0.3) is 5.91 Å². The Morgan fingerprint density at radius 2 is 1.55 bits per heavy atom. The van der Waals surface area contributed by atoms with E-state index in [0.717, 1.165) is 28.1 Å². The van der Waals surface area contributed by atoms with E-state index in [0.29, 0.717) is 5.56 Å². The number of hydrogen-bond acceptors (Lipinski definition) is 7. The van der Waals surface area contributed by atoms with Gasteiger partial charge in [0.15, 0.2) is 0 Å². The van der Waals surface area contributed by atoms with E-state index in [9.17, 15) is 33.6 Å². The Hall–Kier alpha value is -3.60. The predicted molar refractivity (Wildman–Crippen MR) is 144 cm³/mol. The van der Waals surface area contributed by atoms with Crippen molar-refractivity contribution in [2.24, 2.45) is 5.92 Å². The maximum absolute atomic E-state index is 13.5. The maximum Gasteiger partial charge on any atom is 0.252 e. The van der Waals surface area contributed by atoms with Crippen molar-refractivity contribution in [1.82, 2.24) is 9.62 Å². The van der Waals surface area contributed by atoms with E-state index in [-0.39, 0.29) is 41.6 Å². The van der Waals surface area contributed by atoms with Gasteiger partial charge < -0.3 is 25.7 Å². The molecule has 0 saturated carbocycles. The lowest BCUT2D eigenvalue weighted by Gasteiger charge is -2.31. The molecule has 0 aromatic heterocycles. The van der Waals surface area contributed by atoms with Crippen LogP contribution in [0.2, 0.25) is 0 Å². The number of sulfonamides is 1. The van der Waals surface area contributed by atoms with Gasteiger partial charge in [0.2, 0.25) is 10.0 Å². The molecule has 0 aliphatic heterocycles. The van der Waals surface area contributed by atoms with Gasteiger partial charge >= 0.3 is 0 Å². The predicted octanol–water partition coefficient (Wildman–Crippen LogP) is 3.16. The van der Waals surface area contributed by atoms with Gasteiger partial charge in [0, 0.05) is 42.4 Å². The second-order valence-electron chi connectivity index (χ2n) is 9.69. The Bertz CT molecular complexity index is 1340. The molecule has 0 aliphatic carbocycles. The topological polar surface area (TPSA) is 147 Å². The zero-order chi connectivity index (χ0) is 28.0. The van der Waals surface area contributed by atoms with Gasteiger partial charge in [-0.3, -0.25) is 4.79 Å². The Morgan fingerprint density at radius 3 is 2.16 bits per heavy atom. The summed E-state index contributed by atoms with van der Waals surface area (Å²) >= 11 is 0. The molecule has 0 unspecified atom stereocenters. The number of phenols is 3. The highest BCUT2D eigenvalue weighted by Crippen LogP contribution is 2.27. The van der Waals surface area contributed by atoms with E-state index in [1.165, 1.54) is 6.07 Å². The molecule has 1 amide bonds. The zero-order valence-electron chi connectivity index (χ0n) is 21.6. The maximum atomic E-state index is 13.5. The lowest BCUT2D eigenvalue weighted by atomic mass is 9.99. The number of hydrogen-bond donors (Lipinski definition) is 5. The van der Waals surface area contributed by atoms with Gasteiger partial charge in [0.1, 0.15) is 17.2 Å². The third kappa shape index (κ3) is 7.25. The van der Waals surface area contributed by atoms with Crippen molar-refractivity contribution >= 4 is 15.9 Å². The van der Waals surface area contributed by atoms with Gasteiger partial charge in [-0.05, 0) is 37.0 Å². The fourth-order valence-electron chi connectivity index (χ4n) is 4.15. The van der Waals surface area contributed by atoms with E-state index in [1.807, 2.05) is 44.2 Å². The number of carbonyl (C=O) groups is 1. The van der Waals surface area contributed by atoms with Crippen LogP contribution in [0.3, 0.4) is 0 Å². The third-order valence-corrected chi connectivity index (χ3v) is 7.91. The minimum absolute atomic E-state index is 0.0404. The zero-order valence-corrected chi connectivity index (χ0v) is 22.4. The summed E-state index contributed by atoms with van der Waals surface area (Å²) in [5.41, 5.74) is 1.43. The van der Waals surface area contributed by atoms with Crippen LogP contribution in [0.4, 0.5) is 0 Å². The minimum Gasteiger partial charge on any atom is -0.508 e. The second-order valence-corrected chi connectivity index (χ2v) is 11.6. The highest BCUT2D eigenvalue weighted by molar-refractivity contribution is 7.89. The molecule has 5 N–H and O–H groups in total. The number of nitrogens with one attached hydrogen (secondary N) is 1. The molecule has 204 valence electrons. The van der Waals surface area contributed by atoms with Crippen LogP contribution < -0.4 is 5.32 Å². The number of aliphatic hydroxyl groups is 1. The first-order valence-corrected chi connectivity index (χ1v) is 13.7. The van der Waals surface area contributed by atoms with Crippen molar-refractivity contribution < 1.29 is 33.6 Å². The first-order chi connectivity index (χ1) is 17.9. The SMILES string of the molecule is Cc1c(O)cccc1C(=O)N[C@@H](Cc1ccccc1)[C@H](O)CN(CC(C)C)S(=O)(=O)c1cc(O)cc(O)c1. The Labute approximate surface area is 223 Å². The van der Waals surface area contributed by atoms with Crippen LogP contribution in [0.15, 0.2) is 71.6 Å². The summed E-state index contributed by atoms with van der Waals surface area (Å²) in [5.74, 6) is -1.50. The molecule has 3 rings (SSSR count). The fraction of sp³-hybridized carbons (Fsp3) is 0.321. The summed E-state index contributed by atoms with van der Waals surface area (Å²) < 4.78 is 28.1. The summed E-state index contributed by atoms with van der Waals surface area (Å²) in [6, 6.07) is 15.9. The molecule has 0 bridgehead atoms. The molecule has 2 atom stereocenters. The first kappa shape index (κ1) is 29.0. The summed E-state index contributed by atoms with van der Waals surface area (Å²) in [6.07, 6.45) is -1.11. The summed E-state index contributed by atoms with van der Waals surface area (Å²) in [6.45, 7) is 4.95. The van der Waals surface area contributed by atoms with Crippen molar-refractivity contribution in [2.45, 2.75) is 44.2 Å². The average molecular weight is 543 g/mol. The van der Waals surface area contributed by atoms with Gasteiger partial charge in [-0.25, -0.2) is 8.42 Å². The number of aliphatic hydroxyl groups excluding tert-OH is 1. The Balaban J connectivity index is 1.93. The molecule has 0 saturated heterocycles. The molecular formula is C28H34N2O7S. The number of aromatic hydroxyl groups is 3. The van der Waals surface area contributed by atoms with Gasteiger partial charge in [-0.1, -0.05) is 50.2 Å². The summed E-state index contributed by atoms with van der Waals surface area (Å²) in [4.78, 5) is 12.8. The molecule has 3 aromatic carbocycles. The number of benzene rings is 3. The van der Waals surface area contributed by atoms with Crippen LogP contribution >= 0.6 is 0 Å². The largest absolute Gasteiger partial charge is 0.508 e. The molecule has 38 heavy (non-hydrogen) atoms. The van der Waals surface area contributed by atoms with Crippen LogP contribution in [-0.2, 0) is 16.4 Å². The van der Waals surface area contributed by atoms with Gasteiger partial charge in [-0.2, -0.15) is 4.31 Å². The lowest BCUT2D eigenvalue weighted by molar-refractivity contribution is 0.0775. The second kappa shape index (κ2) is 12.3. The van der Waals surface area contributed by atoms with Crippen molar-refractivity contribution in [1.29, 1.82) is 0 Å². The highest BCUT2D eigenvalue weighted by Gasteiger charge is 2.32. The van der Waals surface area contributed by atoms with E-state index < -0.39 is 39.6 Å². The van der Waals surface area contributed by atoms with E-state index in [2.05, 4.69) is 5.32 Å². The highest BCUT2D eigenvalue weighted by atomic mass is 32.2. The van der Waals surface area contributed by atoms with Crippen molar-refractivity contribution in [2.75, 3.05) is 13.1 Å². The Kier molecular flexibility index (Phi) is 9.37. The normalized spacial score (nSPS) is 13.4. The fourth-order valence-corrected chi connectivity index (χ4v) is 5.83. The quantitative estimate of drug-likeness (QED) is 0.250. The monoisotopic (exact) mass is 542 g/mol. The number of nitrogens with zero attached hydrogens (tertiary/aromatic N) is 1. The van der Waals surface area contributed by atoms with Gasteiger partial charge in [0.05, 0.1) is 17.0 Å². The summed E-state index contributed by atoms with van der Waals surface area (Å²) in [5, 5.41) is 43.9. The minimum atomic E-state index is -4.23. The number of carbonyl (C=O) groups excluding carboxylic acids is 1. The number of rotatable bonds is 11. The molecular weight excluding hydrogens is 508 g/mol. The van der Waals surface area contributed by atoms with Crippen LogP contribution in [0.1, 0.15) is 35.3 Å². The van der Waals surface area contributed by atoms with E-state index >= 15 is 0 Å². The smallest absolute Gasteiger partial charge is 0.252 e. The molecule has 9 nitrogen and oxygen atoms in total. The molecule has 0 radical (unpaired) electrons. The number of phenolic OH excluding ortho intramolecular Hbond substituents is 3. The lowest BCUT2D eigenvalue weighted by Crippen LogP contribution is -2.51. The molecule has 0 heterocycles. The molecule has 0 aliphatic rings. The molecule has 0 fully saturated rings. The van der Waals surface area contributed by atoms with Crippen LogP contribution in [-0.4, -0.2) is 64.3 Å². The van der Waals surface area contributed by atoms with Crippen LogP contribution in [0, 0.1) is 12.8 Å². The first-order valence-electron chi connectivity index (χ1n) is 12.2. The van der Waals surface area contributed by atoms with Crippen molar-refractivity contribution in [3.8, 4) is 17.2 Å². The molecule has 10 heteroatoms. The molecule has 3 aromatic rings.